The average molecular weight is 257 g/mol. The highest BCUT2D eigenvalue weighted by Crippen LogP contribution is 2.14. The minimum absolute atomic E-state index is 0.141. The Morgan fingerprint density at radius 1 is 1.44 bits per heavy atom. The lowest BCUT2D eigenvalue weighted by atomic mass is 10.1. The van der Waals surface area contributed by atoms with Crippen LogP contribution < -0.4 is 5.73 Å². The summed E-state index contributed by atoms with van der Waals surface area (Å²) in [6.45, 7) is 0.751. The lowest BCUT2D eigenvalue weighted by Crippen LogP contribution is -2.43. The largest absolute Gasteiger partial charge is 0.338 e. The van der Waals surface area contributed by atoms with Crippen LogP contribution in [0.2, 0.25) is 0 Å². The molecule has 18 heavy (non-hydrogen) atoms. The Morgan fingerprint density at radius 3 is 2.72 bits per heavy atom. The second-order valence-electron chi connectivity index (χ2n) is 4.57. The van der Waals surface area contributed by atoms with Gasteiger partial charge in [0, 0.05) is 25.3 Å². The zero-order valence-corrected chi connectivity index (χ0v) is 10.1. The van der Waals surface area contributed by atoms with Gasteiger partial charge in [-0.25, -0.2) is 8.78 Å². The summed E-state index contributed by atoms with van der Waals surface area (Å²) >= 11 is 0. The number of carbonyl (C=O) groups is 1. The predicted molar refractivity (Wildman–Crippen MR) is 63.5 cm³/mol. The first-order valence-corrected chi connectivity index (χ1v) is 6.06. The van der Waals surface area contributed by atoms with E-state index in [2.05, 4.69) is 0 Å². The predicted octanol–water partition coefficient (Wildman–Crippen LogP) is 1.32. The highest BCUT2D eigenvalue weighted by atomic mass is 19.3. The normalized spacial score (nSPS) is 17.4. The summed E-state index contributed by atoms with van der Waals surface area (Å²) < 4.78 is 26.1. The van der Waals surface area contributed by atoms with Crippen molar-refractivity contribution in [3.8, 4) is 0 Å². The lowest BCUT2D eigenvalue weighted by molar-refractivity contribution is 0.0694. The summed E-state index contributed by atoms with van der Waals surface area (Å²) in [5.74, 6) is -0.187. The van der Waals surface area contributed by atoms with Crippen molar-refractivity contribution in [2.75, 3.05) is 13.1 Å². The molecule has 1 aromatic rings. The van der Waals surface area contributed by atoms with Crippen molar-refractivity contribution in [2.24, 2.45) is 5.73 Å². The minimum Gasteiger partial charge on any atom is -0.338 e. The summed E-state index contributed by atoms with van der Waals surface area (Å²) in [5, 5.41) is 0. The summed E-state index contributed by atoms with van der Waals surface area (Å²) in [6, 6.07) is 3.34. The molecule has 0 unspecified atom stereocenters. The molecule has 2 rings (SSSR count). The Kier molecular flexibility index (Phi) is 3.96. The Morgan fingerprint density at radius 2 is 2.11 bits per heavy atom. The van der Waals surface area contributed by atoms with Crippen molar-refractivity contribution in [2.45, 2.75) is 31.9 Å². The molecule has 0 aliphatic carbocycles. The minimum atomic E-state index is -2.46. The first-order valence-electron chi connectivity index (χ1n) is 6.06. The van der Waals surface area contributed by atoms with Gasteiger partial charge in [0.15, 0.2) is 0 Å². The zero-order valence-electron chi connectivity index (χ0n) is 10.1. The second kappa shape index (κ2) is 5.48. The summed E-state index contributed by atoms with van der Waals surface area (Å²) in [4.78, 5) is 13.9. The van der Waals surface area contributed by atoms with E-state index in [4.69, 9.17) is 5.73 Å². The van der Waals surface area contributed by atoms with Crippen LogP contribution in [0.25, 0.3) is 0 Å². The third-order valence-corrected chi connectivity index (χ3v) is 3.21. The Balaban J connectivity index is 2.06. The van der Waals surface area contributed by atoms with Crippen LogP contribution in [0, 0.1) is 0 Å². The molecule has 100 valence electrons. The van der Waals surface area contributed by atoms with E-state index in [1.165, 1.54) is 10.8 Å². The van der Waals surface area contributed by atoms with Crippen LogP contribution in [-0.4, -0.2) is 40.9 Å². The number of aromatic nitrogens is 1. The third-order valence-electron chi connectivity index (χ3n) is 3.21. The molecule has 1 amide bonds. The molecule has 1 aliphatic rings. The average Bonchev–Trinajstić information content (AvgIpc) is 2.76. The second-order valence-corrected chi connectivity index (χ2v) is 4.57. The van der Waals surface area contributed by atoms with Gasteiger partial charge in [0.1, 0.15) is 5.69 Å². The van der Waals surface area contributed by atoms with Crippen LogP contribution in [0.15, 0.2) is 18.3 Å². The maximum Gasteiger partial charge on any atom is 0.270 e. The number of nitrogens with zero attached hydrogens (tertiary/aromatic N) is 2. The van der Waals surface area contributed by atoms with Crippen LogP contribution in [0.5, 0.6) is 0 Å². The molecule has 2 heterocycles. The molecular weight excluding hydrogens is 240 g/mol. The van der Waals surface area contributed by atoms with E-state index in [9.17, 15) is 13.6 Å². The number of alkyl halides is 2. The Labute approximate surface area is 104 Å². The number of halogens is 2. The number of hydrogen-bond donors (Lipinski definition) is 1. The van der Waals surface area contributed by atoms with Gasteiger partial charge in [-0.15, -0.1) is 0 Å². The van der Waals surface area contributed by atoms with Crippen molar-refractivity contribution in [3.63, 3.8) is 0 Å². The maximum absolute atomic E-state index is 12.4. The molecule has 0 spiro atoms. The highest BCUT2D eigenvalue weighted by molar-refractivity contribution is 5.92. The van der Waals surface area contributed by atoms with Crippen molar-refractivity contribution in [3.05, 3.63) is 24.0 Å². The SMILES string of the molecule is NC1CCN(C(=O)c2cccn2CC(F)F)CC1. The van der Waals surface area contributed by atoms with E-state index in [1.54, 1.807) is 17.0 Å². The lowest BCUT2D eigenvalue weighted by Gasteiger charge is -2.30. The molecule has 4 nitrogen and oxygen atoms in total. The van der Waals surface area contributed by atoms with Crippen molar-refractivity contribution < 1.29 is 13.6 Å². The quantitative estimate of drug-likeness (QED) is 0.887. The van der Waals surface area contributed by atoms with Gasteiger partial charge in [-0.2, -0.15) is 0 Å². The fourth-order valence-electron chi connectivity index (χ4n) is 2.18. The van der Waals surface area contributed by atoms with Gasteiger partial charge in [-0.3, -0.25) is 4.79 Å². The molecule has 1 saturated heterocycles. The molecule has 1 aliphatic heterocycles. The topological polar surface area (TPSA) is 51.3 Å². The first-order chi connectivity index (χ1) is 8.58. The van der Waals surface area contributed by atoms with E-state index in [0.29, 0.717) is 18.8 Å². The summed E-state index contributed by atoms with van der Waals surface area (Å²) in [6.07, 6.45) is 0.580. The van der Waals surface area contributed by atoms with E-state index in [-0.39, 0.29) is 11.9 Å². The van der Waals surface area contributed by atoms with Gasteiger partial charge < -0.3 is 15.2 Å². The molecule has 6 heteroatoms. The van der Waals surface area contributed by atoms with Gasteiger partial charge in [-0.1, -0.05) is 0 Å². The summed E-state index contributed by atoms with van der Waals surface area (Å²) in [7, 11) is 0. The van der Waals surface area contributed by atoms with Crippen molar-refractivity contribution in [1.82, 2.24) is 9.47 Å². The Hall–Kier alpha value is -1.43. The molecular formula is C12H17F2N3O. The number of nitrogens with two attached hydrogens (primary N) is 1. The van der Waals surface area contributed by atoms with Gasteiger partial charge in [0.25, 0.3) is 12.3 Å². The fourth-order valence-corrected chi connectivity index (χ4v) is 2.18. The standard InChI is InChI=1S/C12H17F2N3O/c13-11(14)8-17-5-1-2-10(17)12(18)16-6-3-9(15)4-7-16/h1-2,5,9,11H,3-4,6-8,15H2. The number of hydrogen-bond acceptors (Lipinski definition) is 2. The van der Waals surface area contributed by atoms with Gasteiger partial charge in [0.2, 0.25) is 0 Å². The number of rotatable bonds is 3. The van der Waals surface area contributed by atoms with Crippen molar-refractivity contribution in [1.29, 1.82) is 0 Å². The Bertz CT molecular complexity index is 411. The van der Waals surface area contributed by atoms with Gasteiger partial charge in [0.05, 0.1) is 6.54 Å². The van der Waals surface area contributed by atoms with Crippen LogP contribution in [0.4, 0.5) is 8.78 Å². The summed E-state index contributed by atoms with van der Waals surface area (Å²) in [5.41, 5.74) is 6.09. The number of likely N-dealkylation sites (tertiary alicyclic amines) is 1. The molecule has 2 N–H and O–H groups in total. The monoisotopic (exact) mass is 257 g/mol. The van der Waals surface area contributed by atoms with Crippen LogP contribution in [0.1, 0.15) is 23.3 Å². The van der Waals surface area contributed by atoms with Crippen LogP contribution in [-0.2, 0) is 6.54 Å². The number of carbonyl (C=O) groups excluding carboxylic acids is 1. The third kappa shape index (κ3) is 2.87. The van der Waals surface area contributed by atoms with E-state index in [1.807, 2.05) is 0 Å². The molecule has 0 bridgehead atoms. The number of piperidine rings is 1. The molecule has 1 aromatic heterocycles. The van der Waals surface area contributed by atoms with Crippen LogP contribution in [0.3, 0.4) is 0 Å². The smallest absolute Gasteiger partial charge is 0.270 e. The molecule has 0 atom stereocenters. The maximum atomic E-state index is 12.4. The van der Waals surface area contributed by atoms with Gasteiger partial charge >= 0.3 is 0 Å². The molecule has 0 radical (unpaired) electrons. The molecule has 0 aromatic carbocycles. The van der Waals surface area contributed by atoms with Crippen molar-refractivity contribution >= 4 is 5.91 Å². The molecule has 1 fully saturated rings. The zero-order chi connectivity index (χ0) is 13.1. The molecule has 0 saturated carbocycles. The first kappa shape index (κ1) is 13.0. The fraction of sp³-hybridized carbons (Fsp3) is 0.583. The van der Waals surface area contributed by atoms with Crippen LogP contribution >= 0.6 is 0 Å². The van der Waals surface area contributed by atoms with E-state index >= 15 is 0 Å². The number of amides is 1. The highest BCUT2D eigenvalue weighted by Gasteiger charge is 2.24. The van der Waals surface area contributed by atoms with Gasteiger partial charge in [-0.05, 0) is 25.0 Å². The van der Waals surface area contributed by atoms with E-state index < -0.39 is 13.0 Å². The van der Waals surface area contributed by atoms with E-state index in [0.717, 1.165) is 12.8 Å².